The van der Waals surface area contributed by atoms with Crippen LogP contribution in [0.25, 0.3) is 10.9 Å². The van der Waals surface area contributed by atoms with Crippen molar-refractivity contribution in [3.05, 3.63) is 111 Å². The summed E-state index contributed by atoms with van der Waals surface area (Å²) in [4.78, 5) is 30.5. The van der Waals surface area contributed by atoms with Gasteiger partial charge in [-0.1, -0.05) is 48.5 Å². The Hall–Kier alpha value is -3.18. The fourth-order valence-electron chi connectivity index (χ4n) is 3.15. The number of nitrogens with zero attached hydrogens (tertiary/aromatic N) is 1. The van der Waals surface area contributed by atoms with Crippen LogP contribution in [0.15, 0.2) is 94.2 Å². The van der Waals surface area contributed by atoms with Gasteiger partial charge in [0.25, 0.3) is 11.5 Å². The van der Waals surface area contributed by atoms with Crippen LogP contribution in [0.3, 0.4) is 0 Å². The molecule has 3 aromatic carbocycles. The molecule has 1 aromatic heterocycles. The van der Waals surface area contributed by atoms with E-state index in [-0.39, 0.29) is 18.0 Å². The molecule has 0 aliphatic rings. The number of pyridine rings is 1. The molecule has 0 bridgehead atoms. The van der Waals surface area contributed by atoms with Gasteiger partial charge < -0.3 is 9.88 Å². The molecule has 0 spiro atoms. The molecule has 0 radical (unpaired) electrons. The number of fused-ring (bicyclic) bond motifs is 1. The van der Waals surface area contributed by atoms with Crippen molar-refractivity contribution in [3.8, 4) is 0 Å². The quantitative estimate of drug-likeness (QED) is 0.485. The van der Waals surface area contributed by atoms with Crippen molar-refractivity contribution in [1.29, 1.82) is 0 Å². The maximum atomic E-state index is 13.3. The summed E-state index contributed by atoms with van der Waals surface area (Å²) in [5, 5.41) is 0.929. The molecule has 0 saturated carbocycles. The SMILES string of the molecule is O=C(c1ccccc1Br)N(Cc1cc2ccccc2[nH]c1=O)c1ccccc1. The summed E-state index contributed by atoms with van der Waals surface area (Å²) >= 11 is 3.45. The van der Waals surface area contributed by atoms with Gasteiger partial charge >= 0.3 is 0 Å². The van der Waals surface area contributed by atoms with Crippen LogP contribution in [0.5, 0.6) is 0 Å². The van der Waals surface area contributed by atoms with Crippen LogP contribution in [-0.2, 0) is 6.54 Å². The van der Waals surface area contributed by atoms with E-state index in [2.05, 4.69) is 20.9 Å². The minimum absolute atomic E-state index is 0.171. The zero-order valence-corrected chi connectivity index (χ0v) is 16.5. The van der Waals surface area contributed by atoms with E-state index in [9.17, 15) is 9.59 Å². The first-order valence-electron chi connectivity index (χ1n) is 8.86. The summed E-state index contributed by atoms with van der Waals surface area (Å²) in [5.74, 6) is -0.175. The van der Waals surface area contributed by atoms with Gasteiger partial charge in [-0.25, -0.2) is 0 Å². The Bertz CT molecular complexity index is 1200. The van der Waals surface area contributed by atoms with E-state index in [0.717, 1.165) is 16.6 Å². The molecule has 0 aliphatic carbocycles. The van der Waals surface area contributed by atoms with E-state index in [1.54, 1.807) is 11.0 Å². The number of anilines is 1. The first kappa shape index (κ1) is 18.2. The third-order valence-electron chi connectivity index (χ3n) is 4.58. The average Bonchev–Trinajstić information content (AvgIpc) is 2.72. The van der Waals surface area contributed by atoms with Crippen LogP contribution >= 0.6 is 15.9 Å². The summed E-state index contributed by atoms with van der Waals surface area (Å²) < 4.78 is 0.716. The number of benzene rings is 3. The molecule has 1 N–H and O–H groups in total. The topological polar surface area (TPSA) is 53.2 Å². The molecule has 4 rings (SSSR count). The molecular formula is C23H17BrN2O2. The summed E-state index contributed by atoms with van der Waals surface area (Å²) in [7, 11) is 0. The molecule has 0 fully saturated rings. The van der Waals surface area contributed by atoms with Gasteiger partial charge in [-0.2, -0.15) is 0 Å². The lowest BCUT2D eigenvalue weighted by molar-refractivity contribution is 0.0984. The molecule has 0 atom stereocenters. The van der Waals surface area contributed by atoms with Gasteiger partial charge in [0.15, 0.2) is 0 Å². The molecule has 138 valence electrons. The van der Waals surface area contributed by atoms with Crippen LogP contribution in [0.2, 0.25) is 0 Å². The molecule has 4 aromatic rings. The minimum Gasteiger partial charge on any atom is -0.322 e. The number of para-hydroxylation sites is 2. The number of H-pyrrole nitrogens is 1. The van der Waals surface area contributed by atoms with E-state index in [4.69, 9.17) is 0 Å². The first-order chi connectivity index (χ1) is 13.6. The van der Waals surface area contributed by atoms with E-state index < -0.39 is 0 Å². The molecule has 0 aliphatic heterocycles. The Morgan fingerprint density at radius 3 is 2.36 bits per heavy atom. The summed E-state index contributed by atoms with van der Waals surface area (Å²) in [5.41, 5.74) is 2.39. The Kier molecular flexibility index (Phi) is 5.08. The molecular weight excluding hydrogens is 416 g/mol. The minimum atomic E-state index is -0.195. The predicted molar refractivity (Wildman–Crippen MR) is 116 cm³/mol. The molecule has 4 nitrogen and oxygen atoms in total. The lowest BCUT2D eigenvalue weighted by atomic mass is 10.1. The number of amides is 1. The Morgan fingerprint density at radius 1 is 0.893 bits per heavy atom. The third-order valence-corrected chi connectivity index (χ3v) is 5.27. The fraction of sp³-hybridized carbons (Fsp3) is 0.0435. The summed E-state index contributed by atoms with van der Waals surface area (Å²) in [6.45, 7) is 0.171. The van der Waals surface area contributed by atoms with Gasteiger partial charge in [0.1, 0.15) is 0 Å². The second-order valence-corrected chi connectivity index (χ2v) is 7.27. The Labute approximate surface area is 170 Å². The largest absolute Gasteiger partial charge is 0.322 e. The molecule has 5 heteroatoms. The third kappa shape index (κ3) is 3.62. The van der Waals surface area contributed by atoms with Crippen molar-refractivity contribution in [1.82, 2.24) is 4.98 Å². The number of hydrogen-bond donors (Lipinski definition) is 1. The lowest BCUT2D eigenvalue weighted by Gasteiger charge is -2.23. The lowest BCUT2D eigenvalue weighted by Crippen LogP contribution is -2.33. The molecule has 28 heavy (non-hydrogen) atoms. The van der Waals surface area contributed by atoms with Crippen LogP contribution in [-0.4, -0.2) is 10.9 Å². The number of aromatic nitrogens is 1. The normalized spacial score (nSPS) is 10.8. The van der Waals surface area contributed by atoms with Crippen LogP contribution in [0.4, 0.5) is 5.69 Å². The number of nitrogens with one attached hydrogen (secondary N) is 1. The maximum Gasteiger partial charge on any atom is 0.259 e. The number of aromatic amines is 1. The fourth-order valence-corrected chi connectivity index (χ4v) is 3.60. The zero-order chi connectivity index (χ0) is 19.5. The van der Waals surface area contributed by atoms with Crippen LogP contribution in [0.1, 0.15) is 15.9 Å². The standard InChI is InChI=1S/C23H17BrN2O2/c24-20-12-6-5-11-19(20)23(28)26(18-9-2-1-3-10-18)15-17-14-16-8-4-7-13-21(16)25-22(17)27/h1-14H,15H2,(H,25,27). The van der Waals surface area contributed by atoms with Gasteiger partial charge in [-0.3, -0.25) is 9.59 Å². The van der Waals surface area contributed by atoms with Crippen molar-refractivity contribution < 1.29 is 4.79 Å². The second kappa shape index (κ2) is 7.82. The summed E-state index contributed by atoms with van der Waals surface area (Å²) in [6.07, 6.45) is 0. The van der Waals surface area contributed by atoms with Gasteiger partial charge in [-0.15, -0.1) is 0 Å². The highest BCUT2D eigenvalue weighted by atomic mass is 79.9. The Balaban J connectivity index is 1.79. The first-order valence-corrected chi connectivity index (χ1v) is 9.65. The number of halogens is 1. The van der Waals surface area contributed by atoms with Gasteiger partial charge in [0.05, 0.1) is 12.1 Å². The van der Waals surface area contributed by atoms with Crippen LogP contribution in [0, 0.1) is 0 Å². The van der Waals surface area contributed by atoms with Crippen molar-refractivity contribution >= 4 is 38.4 Å². The molecule has 1 heterocycles. The Morgan fingerprint density at radius 2 is 1.57 bits per heavy atom. The van der Waals surface area contributed by atoms with Crippen molar-refractivity contribution in [2.24, 2.45) is 0 Å². The monoisotopic (exact) mass is 432 g/mol. The van der Waals surface area contributed by atoms with Gasteiger partial charge in [-0.05, 0) is 57.7 Å². The van der Waals surface area contributed by atoms with E-state index in [1.807, 2.05) is 78.9 Å². The van der Waals surface area contributed by atoms with Gasteiger partial charge in [0, 0.05) is 21.2 Å². The molecule has 1 amide bonds. The predicted octanol–water partition coefficient (Wildman–Crippen LogP) is 5.14. The molecule has 0 saturated heterocycles. The second-order valence-electron chi connectivity index (χ2n) is 6.42. The van der Waals surface area contributed by atoms with Crippen molar-refractivity contribution in [3.63, 3.8) is 0 Å². The summed E-state index contributed by atoms with van der Waals surface area (Å²) in [6, 6.07) is 26.1. The smallest absolute Gasteiger partial charge is 0.259 e. The average molecular weight is 433 g/mol. The maximum absolute atomic E-state index is 13.3. The van der Waals surface area contributed by atoms with E-state index in [1.165, 1.54) is 0 Å². The van der Waals surface area contributed by atoms with Gasteiger partial charge in [0.2, 0.25) is 0 Å². The molecule has 0 unspecified atom stereocenters. The highest BCUT2D eigenvalue weighted by molar-refractivity contribution is 9.10. The zero-order valence-electron chi connectivity index (χ0n) is 14.9. The van der Waals surface area contributed by atoms with E-state index >= 15 is 0 Å². The number of hydrogen-bond acceptors (Lipinski definition) is 2. The highest BCUT2D eigenvalue weighted by Gasteiger charge is 2.21. The van der Waals surface area contributed by atoms with Crippen molar-refractivity contribution in [2.45, 2.75) is 6.54 Å². The number of carbonyl (C=O) groups excluding carboxylic acids is 1. The number of carbonyl (C=O) groups is 1. The van der Waals surface area contributed by atoms with Crippen molar-refractivity contribution in [2.75, 3.05) is 4.90 Å². The number of rotatable bonds is 4. The van der Waals surface area contributed by atoms with E-state index in [0.29, 0.717) is 15.6 Å². The van der Waals surface area contributed by atoms with Crippen LogP contribution < -0.4 is 10.5 Å². The highest BCUT2D eigenvalue weighted by Crippen LogP contribution is 2.24.